The Morgan fingerprint density at radius 2 is 2.42 bits per heavy atom. The molecule has 0 aromatic carbocycles. The van der Waals surface area contributed by atoms with Gasteiger partial charge in [-0.3, -0.25) is 4.79 Å². The van der Waals surface area contributed by atoms with Crippen LogP contribution in [-0.2, 0) is 4.79 Å². The molecule has 0 aromatic heterocycles. The van der Waals surface area contributed by atoms with Gasteiger partial charge in [-0.2, -0.15) is 0 Å². The monoisotopic (exact) mass is 161 g/mol. The molecule has 0 heterocycles. The topological polar surface area (TPSA) is 40.9 Å². The van der Waals surface area contributed by atoms with Crippen molar-refractivity contribution in [2.75, 3.05) is 0 Å². The maximum absolute atomic E-state index is 11.4. The van der Waals surface area contributed by atoms with Crippen molar-refractivity contribution in [2.24, 2.45) is 23.2 Å². The van der Waals surface area contributed by atoms with Gasteiger partial charge in [0.25, 0.3) is 0 Å². The summed E-state index contributed by atoms with van der Waals surface area (Å²) in [5, 5.41) is 7.51. The lowest BCUT2D eigenvalue weighted by atomic mass is 9.28. The number of ketones is 1. The average Bonchev–Trinajstić information content (AvgIpc) is 2.05. The van der Waals surface area contributed by atoms with Gasteiger partial charge in [0.15, 0.2) is 5.78 Å². The van der Waals surface area contributed by atoms with Crippen LogP contribution >= 0.6 is 0 Å². The van der Waals surface area contributed by atoms with E-state index in [1.165, 1.54) is 6.42 Å². The van der Waals surface area contributed by atoms with Crippen LogP contribution in [0.5, 0.6) is 0 Å². The third-order valence-electron chi connectivity index (χ3n) is 4.19. The van der Waals surface area contributed by atoms with Crippen LogP contribution in [0.2, 0.25) is 0 Å². The van der Waals surface area contributed by atoms with Crippen molar-refractivity contribution in [3.05, 3.63) is 12.7 Å². The highest BCUT2D eigenvalue weighted by atomic mass is 16.1. The molecule has 1 N–H and O–H groups in total. The predicted octanol–water partition coefficient (Wildman–Crippen LogP) is 1.42. The first-order chi connectivity index (χ1) is 5.73. The van der Waals surface area contributed by atoms with Crippen LogP contribution in [0, 0.1) is 28.6 Å². The maximum atomic E-state index is 11.4. The molecule has 2 heteroatoms. The largest absolute Gasteiger partial charge is 0.301 e. The molecule has 0 aliphatic heterocycles. The van der Waals surface area contributed by atoms with E-state index in [4.69, 9.17) is 5.41 Å². The molecule has 0 amide bonds. The summed E-state index contributed by atoms with van der Waals surface area (Å²) in [5.74, 6) is 1.41. The van der Waals surface area contributed by atoms with Crippen LogP contribution in [0.1, 0.15) is 12.8 Å². The number of Topliss-reactive ketones (excluding diaryl/α,β-unsaturated/α-hetero) is 1. The van der Waals surface area contributed by atoms with E-state index in [-0.39, 0.29) is 17.1 Å². The number of hydrogen-bond acceptors (Lipinski definition) is 2. The molecule has 3 fully saturated rings. The van der Waals surface area contributed by atoms with Crippen molar-refractivity contribution in [2.45, 2.75) is 12.8 Å². The molecule has 4 unspecified atom stereocenters. The summed E-state index contributed by atoms with van der Waals surface area (Å²) in [5.41, 5.74) is 0.339. The SMILES string of the molecule is C=CC1C2CCC23C(=O)C(=N)C13. The predicted molar refractivity (Wildman–Crippen MR) is 45.1 cm³/mol. The van der Waals surface area contributed by atoms with Gasteiger partial charge in [-0.25, -0.2) is 0 Å². The summed E-state index contributed by atoms with van der Waals surface area (Å²) in [7, 11) is 0. The van der Waals surface area contributed by atoms with Gasteiger partial charge in [-0.05, 0) is 24.7 Å². The zero-order valence-electron chi connectivity index (χ0n) is 6.84. The lowest BCUT2D eigenvalue weighted by Gasteiger charge is -2.72. The highest BCUT2D eigenvalue weighted by Gasteiger charge is 2.78. The van der Waals surface area contributed by atoms with E-state index >= 15 is 0 Å². The zero-order chi connectivity index (χ0) is 8.51. The van der Waals surface area contributed by atoms with Crippen molar-refractivity contribution in [3.8, 4) is 0 Å². The summed E-state index contributed by atoms with van der Waals surface area (Å²) in [6, 6.07) is 0. The fourth-order valence-electron chi connectivity index (χ4n) is 3.49. The van der Waals surface area contributed by atoms with E-state index in [0.717, 1.165) is 6.42 Å². The van der Waals surface area contributed by atoms with Crippen molar-refractivity contribution in [3.63, 3.8) is 0 Å². The minimum absolute atomic E-state index is 0.0318. The fourth-order valence-corrected chi connectivity index (χ4v) is 3.49. The number of allylic oxidation sites excluding steroid dienone is 1. The van der Waals surface area contributed by atoms with Crippen molar-refractivity contribution < 1.29 is 4.79 Å². The summed E-state index contributed by atoms with van der Waals surface area (Å²) >= 11 is 0. The van der Waals surface area contributed by atoms with E-state index in [1.54, 1.807) is 0 Å². The Kier molecular flexibility index (Phi) is 0.856. The summed E-state index contributed by atoms with van der Waals surface area (Å²) < 4.78 is 0. The second kappa shape index (κ2) is 1.56. The van der Waals surface area contributed by atoms with Crippen LogP contribution in [-0.4, -0.2) is 11.5 Å². The molecule has 0 aromatic rings. The number of carbonyl (C=O) groups is 1. The van der Waals surface area contributed by atoms with Crippen molar-refractivity contribution >= 4 is 11.5 Å². The van der Waals surface area contributed by atoms with Crippen LogP contribution < -0.4 is 0 Å². The molecule has 0 bridgehead atoms. The number of carbonyl (C=O) groups excluding carboxylic acids is 1. The first-order valence-electron chi connectivity index (χ1n) is 4.49. The molecule has 4 atom stereocenters. The van der Waals surface area contributed by atoms with Gasteiger partial charge in [0, 0.05) is 11.3 Å². The van der Waals surface area contributed by atoms with Crippen LogP contribution in [0.3, 0.4) is 0 Å². The molecule has 2 nitrogen and oxygen atoms in total. The highest BCUT2D eigenvalue weighted by Crippen LogP contribution is 2.74. The van der Waals surface area contributed by atoms with E-state index in [0.29, 0.717) is 17.5 Å². The molecule has 3 aliphatic carbocycles. The third kappa shape index (κ3) is 0.351. The van der Waals surface area contributed by atoms with Gasteiger partial charge in [0.1, 0.15) is 0 Å². The van der Waals surface area contributed by atoms with Gasteiger partial charge in [-0.15, -0.1) is 6.58 Å². The Labute approximate surface area is 71.2 Å². The highest BCUT2D eigenvalue weighted by molar-refractivity contribution is 6.50. The minimum atomic E-state index is -0.0318. The van der Waals surface area contributed by atoms with E-state index in [9.17, 15) is 4.79 Å². The fraction of sp³-hybridized carbons (Fsp3) is 0.600. The normalized spacial score (nSPS) is 54.2. The second-order valence-electron chi connectivity index (χ2n) is 4.22. The van der Waals surface area contributed by atoms with Gasteiger partial charge < -0.3 is 5.41 Å². The zero-order valence-corrected chi connectivity index (χ0v) is 6.84. The standard InChI is InChI=1S/C10H11NO/c1-2-5-6-3-4-10(6)7(5)8(11)9(10)12/h2,5-7,11H,1,3-4H2. The van der Waals surface area contributed by atoms with Crippen LogP contribution in [0.4, 0.5) is 0 Å². The second-order valence-corrected chi connectivity index (χ2v) is 4.22. The summed E-state index contributed by atoms with van der Waals surface area (Å²) in [6.07, 6.45) is 4.15. The quantitative estimate of drug-likeness (QED) is 0.580. The third-order valence-corrected chi connectivity index (χ3v) is 4.19. The van der Waals surface area contributed by atoms with Gasteiger partial charge in [0.05, 0.1) is 5.71 Å². The number of nitrogens with one attached hydrogen (secondary N) is 1. The molecule has 1 spiro atoms. The molecule has 62 valence electrons. The van der Waals surface area contributed by atoms with Crippen LogP contribution in [0.15, 0.2) is 12.7 Å². The van der Waals surface area contributed by atoms with E-state index in [1.807, 2.05) is 6.08 Å². The van der Waals surface area contributed by atoms with Crippen molar-refractivity contribution in [1.82, 2.24) is 0 Å². The lowest BCUT2D eigenvalue weighted by Crippen LogP contribution is -2.78. The molecule has 0 saturated heterocycles. The van der Waals surface area contributed by atoms with Crippen molar-refractivity contribution in [1.29, 1.82) is 5.41 Å². The minimum Gasteiger partial charge on any atom is -0.301 e. The Morgan fingerprint density at radius 3 is 2.92 bits per heavy atom. The number of rotatable bonds is 1. The lowest BCUT2D eigenvalue weighted by molar-refractivity contribution is -0.188. The van der Waals surface area contributed by atoms with E-state index < -0.39 is 0 Å². The van der Waals surface area contributed by atoms with Gasteiger partial charge in [0.2, 0.25) is 0 Å². The molecule has 12 heavy (non-hydrogen) atoms. The number of hydrogen-bond donors (Lipinski definition) is 1. The molecule has 3 aliphatic rings. The molecule has 3 rings (SSSR count). The Balaban J connectivity index is 2.00. The summed E-state index contributed by atoms with van der Waals surface area (Å²) in [6.45, 7) is 3.77. The molecular formula is C10H11NO. The maximum Gasteiger partial charge on any atom is 0.183 e. The van der Waals surface area contributed by atoms with Gasteiger partial charge >= 0.3 is 0 Å². The van der Waals surface area contributed by atoms with Gasteiger partial charge in [-0.1, -0.05) is 6.08 Å². The first kappa shape index (κ1) is 6.58. The molecular weight excluding hydrogens is 150 g/mol. The Hall–Kier alpha value is -0.920. The van der Waals surface area contributed by atoms with E-state index in [2.05, 4.69) is 6.58 Å². The van der Waals surface area contributed by atoms with Crippen LogP contribution in [0.25, 0.3) is 0 Å². The molecule has 0 radical (unpaired) electrons. The Bertz CT molecular complexity index is 320. The first-order valence-corrected chi connectivity index (χ1v) is 4.49. The smallest absolute Gasteiger partial charge is 0.183 e. The summed E-state index contributed by atoms with van der Waals surface area (Å²) in [4.78, 5) is 11.4. The molecule has 3 saturated carbocycles. The Morgan fingerprint density at radius 1 is 1.67 bits per heavy atom. The average molecular weight is 161 g/mol.